The van der Waals surface area contributed by atoms with E-state index in [0.717, 1.165) is 0 Å². The number of tetrazole rings is 1. The van der Waals surface area contributed by atoms with Crippen LogP contribution in [0.1, 0.15) is 21.6 Å². The number of nitrogens with zero attached hydrogens (tertiary/aromatic N) is 5. The highest BCUT2D eigenvalue weighted by Gasteiger charge is 2.45. The van der Waals surface area contributed by atoms with Gasteiger partial charge in [-0.3, -0.25) is 4.79 Å². The van der Waals surface area contributed by atoms with E-state index < -0.39 is 21.3 Å². The van der Waals surface area contributed by atoms with Gasteiger partial charge in [0.25, 0.3) is 15.9 Å². The number of amides is 1. The molecule has 20 heavy (non-hydrogen) atoms. The predicted molar refractivity (Wildman–Crippen MR) is 70.3 cm³/mol. The van der Waals surface area contributed by atoms with Crippen LogP contribution in [0, 0.1) is 0 Å². The molecule has 1 aromatic heterocycles. The van der Waals surface area contributed by atoms with Crippen molar-refractivity contribution in [1.29, 1.82) is 0 Å². The average Bonchev–Trinajstić information content (AvgIpc) is 2.91. The molecular formula is C10H9N5O3S2. The van der Waals surface area contributed by atoms with Gasteiger partial charge in [0.1, 0.15) is 4.90 Å². The Morgan fingerprint density at radius 3 is 2.60 bits per heavy atom. The van der Waals surface area contributed by atoms with Gasteiger partial charge < -0.3 is 0 Å². The summed E-state index contributed by atoms with van der Waals surface area (Å²) in [5, 5.41) is 9.63. The molecule has 0 fully saturated rings. The molecule has 1 aromatic carbocycles. The van der Waals surface area contributed by atoms with Crippen LogP contribution in [-0.2, 0) is 17.1 Å². The van der Waals surface area contributed by atoms with Crippen LogP contribution < -0.4 is 0 Å². The molecule has 10 heteroatoms. The lowest BCUT2D eigenvalue weighted by Crippen LogP contribution is -2.33. The summed E-state index contributed by atoms with van der Waals surface area (Å²) in [6, 6.07) is 6.01. The summed E-state index contributed by atoms with van der Waals surface area (Å²) < 4.78 is 26.8. The number of hydrogen-bond acceptors (Lipinski definition) is 7. The normalized spacial score (nSPS) is 18.1. The minimum absolute atomic E-state index is 0.0285. The molecule has 0 radical (unpaired) electrons. The number of sulfonamides is 1. The number of hydrogen-bond donors (Lipinski definition) is 1. The first-order valence-electron chi connectivity index (χ1n) is 5.52. The third-order valence-corrected chi connectivity index (χ3v) is 5.38. The van der Waals surface area contributed by atoms with Crippen molar-refractivity contribution in [3.05, 3.63) is 35.7 Å². The number of carbonyl (C=O) groups excluding carboxylic acids is 1. The fourth-order valence-corrected chi connectivity index (χ4v) is 4.27. The molecule has 2 heterocycles. The van der Waals surface area contributed by atoms with Crippen LogP contribution in [0.25, 0.3) is 0 Å². The Balaban J connectivity index is 2.14. The molecule has 1 atom stereocenters. The maximum absolute atomic E-state index is 12.4. The Morgan fingerprint density at radius 2 is 2.00 bits per heavy atom. The minimum Gasteiger partial charge on any atom is -0.268 e. The summed E-state index contributed by atoms with van der Waals surface area (Å²) in [5.74, 6) is -0.471. The molecule has 1 amide bonds. The third-order valence-electron chi connectivity index (χ3n) is 2.96. The predicted octanol–water partition coefficient (Wildman–Crippen LogP) is -0.0168. The summed E-state index contributed by atoms with van der Waals surface area (Å²) in [5.41, 5.74) is 0.127. The number of rotatable bonds is 2. The van der Waals surface area contributed by atoms with Crippen LogP contribution in [0.5, 0.6) is 0 Å². The molecule has 0 aliphatic carbocycles. The topological polar surface area (TPSA) is 98.1 Å². The molecule has 1 aliphatic rings. The van der Waals surface area contributed by atoms with E-state index in [2.05, 4.69) is 28.2 Å². The summed E-state index contributed by atoms with van der Waals surface area (Å²) in [6.07, 6.45) is 0. The van der Waals surface area contributed by atoms with Gasteiger partial charge in [-0.2, -0.15) is 0 Å². The van der Waals surface area contributed by atoms with E-state index in [0.29, 0.717) is 4.31 Å². The van der Waals surface area contributed by atoms with E-state index in [4.69, 9.17) is 0 Å². The van der Waals surface area contributed by atoms with Crippen LogP contribution in [0.3, 0.4) is 0 Å². The van der Waals surface area contributed by atoms with Crippen LogP contribution in [0.2, 0.25) is 0 Å². The van der Waals surface area contributed by atoms with Crippen molar-refractivity contribution in [1.82, 2.24) is 24.5 Å². The highest BCUT2D eigenvalue weighted by atomic mass is 32.2. The zero-order valence-corrected chi connectivity index (χ0v) is 11.9. The Kier molecular flexibility index (Phi) is 2.80. The number of carbonyl (C=O) groups is 1. The Bertz CT molecular complexity index is 801. The van der Waals surface area contributed by atoms with Gasteiger partial charge in [-0.05, 0) is 22.6 Å². The molecule has 1 aliphatic heterocycles. The van der Waals surface area contributed by atoms with Crippen molar-refractivity contribution in [2.24, 2.45) is 7.05 Å². The maximum Gasteiger partial charge on any atom is 0.270 e. The number of aryl methyl sites for hydroxylation is 1. The van der Waals surface area contributed by atoms with Gasteiger partial charge in [-0.15, -0.1) is 17.7 Å². The van der Waals surface area contributed by atoms with E-state index in [1.165, 1.54) is 16.8 Å². The first-order chi connectivity index (χ1) is 9.44. The molecule has 8 nitrogen and oxygen atoms in total. The van der Waals surface area contributed by atoms with Crippen LogP contribution in [0.15, 0.2) is 29.2 Å². The standard InChI is InChI=1S/C10H9N5O3S2/c1-14-8(11-12-13-14)10(19)15-9(16)6-4-2-3-5-7(6)20(15,17)18/h2-5,10,19H,1H3. The lowest BCUT2D eigenvalue weighted by atomic mass is 10.2. The zero-order chi connectivity index (χ0) is 14.5. The fourth-order valence-electron chi connectivity index (χ4n) is 2.00. The number of aromatic nitrogens is 4. The van der Waals surface area contributed by atoms with E-state index in [-0.39, 0.29) is 16.3 Å². The molecule has 0 saturated carbocycles. The van der Waals surface area contributed by atoms with Crippen LogP contribution >= 0.6 is 12.6 Å². The Morgan fingerprint density at radius 1 is 1.30 bits per heavy atom. The Labute approximate surface area is 119 Å². The first kappa shape index (κ1) is 13.1. The van der Waals surface area contributed by atoms with E-state index >= 15 is 0 Å². The summed E-state index contributed by atoms with van der Waals surface area (Å²) in [4.78, 5) is 12.3. The van der Waals surface area contributed by atoms with E-state index in [1.807, 2.05) is 0 Å². The summed E-state index contributed by atoms with van der Waals surface area (Å²) in [6.45, 7) is 0. The first-order valence-corrected chi connectivity index (χ1v) is 7.48. The third kappa shape index (κ3) is 1.64. The molecule has 0 saturated heterocycles. The molecule has 1 unspecified atom stereocenters. The maximum atomic E-state index is 12.4. The smallest absolute Gasteiger partial charge is 0.268 e. The second kappa shape index (κ2) is 4.28. The van der Waals surface area contributed by atoms with E-state index in [9.17, 15) is 13.2 Å². The second-order valence-corrected chi connectivity index (χ2v) is 6.41. The van der Waals surface area contributed by atoms with Crippen molar-refractivity contribution >= 4 is 28.6 Å². The highest BCUT2D eigenvalue weighted by Crippen LogP contribution is 2.37. The van der Waals surface area contributed by atoms with Gasteiger partial charge in [0.05, 0.1) is 5.56 Å². The number of benzene rings is 1. The summed E-state index contributed by atoms with van der Waals surface area (Å²) in [7, 11) is -2.40. The van der Waals surface area contributed by atoms with Crippen molar-refractivity contribution in [2.75, 3.05) is 0 Å². The van der Waals surface area contributed by atoms with Crippen LogP contribution in [0.4, 0.5) is 0 Å². The van der Waals surface area contributed by atoms with Gasteiger partial charge >= 0.3 is 0 Å². The number of thiol groups is 1. The summed E-state index contributed by atoms with van der Waals surface area (Å²) >= 11 is 4.19. The molecule has 0 spiro atoms. The van der Waals surface area contributed by atoms with Gasteiger partial charge in [0.2, 0.25) is 0 Å². The molecule has 104 valence electrons. The monoisotopic (exact) mass is 311 g/mol. The average molecular weight is 311 g/mol. The fraction of sp³-hybridized carbons (Fsp3) is 0.200. The highest BCUT2D eigenvalue weighted by molar-refractivity contribution is 7.91. The second-order valence-electron chi connectivity index (χ2n) is 4.14. The van der Waals surface area contributed by atoms with Gasteiger partial charge in [0, 0.05) is 7.05 Å². The van der Waals surface area contributed by atoms with Gasteiger partial charge in [0.15, 0.2) is 11.2 Å². The van der Waals surface area contributed by atoms with Gasteiger partial charge in [-0.1, -0.05) is 12.1 Å². The molecule has 3 rings (SSSR count). The molecule has 0 bridgehead atoms. The van der Waals surface area contributed by atoms with Crippen LogP contribution in [-0.4, -0.2) is 38.8 Å². The lowest BCUT2D eigenvalue weighted by molar-refractivity contribution is 0.0859. The molecular weight excluding hydrogens is 302 g/mol. The van der Waals surface area contributed by atoms with Crippen molar-refractivity contribution in [2.45, 2.75) is 10.3 Å². The van der Waals surface area contributed by atoms with E-state index in [1.54, 1.807) is 19.2 Å². The minimum atomic E-state index is -3.94. The largest absolute Gasteiger partial charge is 0.270 e. The molecule has 2 aromatic rings. The molecule has 0 N–H and O–H groups in total. The van der Waals surface area contributed by atoms with Gasteiger partial charge in [-0.25, -0.2) is 17.4 Å². The Hall–Kier alpha value is -1.94. The van der Waals surface area contributed by atoms with Crippen molar-refractivity contribution < 1.29 is 13.2 Å². The van der Waals surface area contributed by atoms with Crippen molar-refractivity contribution in [3.63, 3.8) is 0 Å². The quantitative estimate of drug-likeness (QED) is 0.783. The van der Waals surface area contributed by atoms with Crippen molar-refractivity contribution in [3.8, 4) is 0 Å². The number of fused-ring (bicyclic) bond motifs is 1. The SMILES string of the molecule is Cn1nnnc1C(S)N1C(=O)c2ccccc2S1(=O)=O. The zero-order valence-electron chi connectivity index (χ0n) is 10.2. The lowest BCUT2D eigenvalue weighted by Gasteiger charge is -2.20.